The first kappa shape index (κ1) is 25.9. The second-order valence-corrected chi connectivity index (χ2v) is 9.47. The number of fused-ring (bicyclic) bond motifs is 1. The van der Waals surface area contributed by atoms with Crippen LogP contribution in [0.5, 0.6) is 11.5 Å². The molecule has 0 N–H and O–H groups in total. The van der Waals surface area contributed by atoms with Gasteiger partial charge in [-0.15, -0.1) is 0 Å². The lowest BCUT2D eigenvalue weighted by Gasteiger charge is -2.32. The highest BCUT2D eigenvalue weighted by atomic mass is 16.5. The Morgan fingerprint density at radius 1 is 0.892 bits per heavy atom. The molecule has 0 aliphatic heterocycles. The van der Waals surface area contributed by atoms with E-state index in [9.17, 15) is 9.59 Å². The summed E-state index contributed by atoms with van der Waals surface area (Å²) in [5, 5.41) is 0.522. The van der Waals surface area contributed by atoms with Crippen molar-refractivity contribution in [3.63, 3.8) is 0 Å². The van der Waals surface area contributed by atoms with Crippen LogP contribution in [0.25, 0.3) is 16.6 Å². The summed E-state index contributed by atoms with van der Waals surface area (Å²) >= 11 is 0. The van der Waals surface area contributed by atoms with Gasteiger partial charge in [-0.05, 0) is 66.9 Å². The number of carbonyl (C=O) groups is 1. The van der Waals surface area contributed by atoms with Crippen molar-refractivity contribution in [2.45, 2.75) is 33.2 Å². The topological polar surface area (TPSA) is 73.7 Å². The quantitative estimate of drug-likeness (QED) is 0.317. The van der Waals surface area contributed by atoms with Gasteiger partial charge in [-0.3, -0.25) is 14.2 Å². The molecule has 0 spiro atoms. The van der Waals surface area contributed by atoms with Gasteiger partial charge < -0.3 is 14.4 Å². The zero-order valence-electron chi connectivity index (χ0n) is 22.0. The first-order chi connectivity index (χ1) is 17.8. The van der Waals surface area contributed by atoms with Gasteiger partial charge in [-0.2, -0.15) is 0 Å². The van der Waals surface area contributed by atoms with E-state index in [1.165, 1.54) is 0 Å². The number of benzene rings is 3. The highest BCUT2D eigenvalue weighted by molar-refractivity contribution is 5.80. The summed E-state index contributed by atoms with van der Waals surface area (Å²) in [6, 6.07) is 21.6. The van der Waals surface area contributed by atoms with Crippen molar-refractivity contribution in [1.29, 1.82) is 0 Å². The molecule has 0 aliphatic rings. The van der Waals surface area contributed by atoms with Gasteiger partial charge in [-0.25, -0.2) is 4.98 Å². The van der Waals surface area contributed by atoms with Crippen molar-refractivity contribution < 1.29 is 14.3 Å². The van der Waals surface area contributed by atoms with Gasteiger partial charge in [0.1, 0.15) is 17.3 Å². The van der Waals surface area contributed by atoms with Crippen molar-refractivity contribution in [3.8, 4) is 17.2 Å². The predicted molar refractivity (Wildman–Crippen MR) is 146 cm³/mol. The van der Waals surface area contributed by atoms with E-state index < -0.39 is 6.04 Å². The first-order valence-electron chi connectivity index (χ1n) is 12.4. The summed E-state index contributed by atoms with van der Waals surface area (Å²) < 4.78 is 12.2. The molecule has 7 heteroatoms. The zero-order chi connectivity index (χ0) is 26.5. The third kappa shape index (κ3) is 5.66. The molecule has 0 aliphatic carbocycles. The summed E-state index contributed by atoms with van der Waals surface area (Å²) in [6.07, 6.45) is 0.238. The molecule has 0 saturated heterocycles. The third-order valence-corrected chi connectivity index (χ3v) is 6.37. The molecule has 0 fully saturated rings. The molecule has 1 amide bonds. The average molecular weight is 500 g/mol. The minimum atomic E-state index is -0.451. The van der Waals surface area contributed by atoms with Crippen LogP contribution in [0.1, 0.15) is 38.2 Å². The van der Waals surface area contributed by atoms with E-state index in [0.29, 0.717) is 34.7 Å². The lowest BCUT2D eigenvalue weighted by Crippen LogP contribution is -2.40. The number of aromatic nitrogens is 2. The number of hydrogen-bond acceptors (Lipinski definition) is 5. The number of methoxy groups -OCH3 is 2. The van der Waals surface area contributed by atoms with Crippen LogP contribution in [-0.4, -0.2) is 41.1 Å². The van der Waals surface area contributed by atoms with Crippen molar-refractivity contribution >= 4 is 16.8 Å². The Hall–Kier alpha value is -4.13. The van der Waals surface area contributed by atoms with E-state index in [1.54, 1.807) is 24.9 Å². The zero-order valence-corrected chi connectivity index (χ0v) is 22.0. The smallest absolute Gasteiger partial charge is 0.266 e. The minimum absolute atomic E-state index is 0.0324. The second-order valence-electron chi connectivity index (χ2n) is 9.47. The number of ether oxygens (including phenoxy) is 2. The molecule has 4 rings (SSSR count). The number of amides is 1. The van der Waals surface area contributed by atoms with Gasteiger partial charge in [0.05, 0.1) is 43.3 Å². The normalized spacial score (nSPS) is 11.9. The van der Waals surface area contributed by atoms with Gasteiger partial charge in [0.25, 0.3) is 5.56 Å². The molecular formula is C30H33N3O4. The molecule has 37 heavy (non-hydrogen) atoms. The SMILES string of the molecule is COc1ccc(CC(=O)N(CC(C)C)C(C)c2nc3ccccc3c(=O)n2-c2ccc(OC)cc2)cc1. The van der Waals surface area contributed by atoms with Gasteiger partial charge in [0.2, 0.25) is 5.91 Å². The van der Waals surface area contributed by atoms with Gasteiger partial charge >= 0.3 is 0 Å². The van der Waals surface area contributed by atoms with Crippen molar-refractivity contribution in [3.05, 3.63) is 94.5 Å². The Labute approximate surface area is 217 Å². The summed E-state index contributed by atoms with van der Waals surface area (Å²) in [4.78, 5) is 34.2. The summed E-state index contributed by atoms with van der Waals surface area (Å²) in [5.74, 6) is 2.14. The molecule has 0 bridgehead atoms. The Kier molecular flexibility index (Phi) is 7.92. The maximum absolute atomic E-state index is 13.8. The molecule has 0 radical (unpaired) electrons. The van der Waals surface area contributed by atoms with E-state index in [4.69, 9.17) is 14.5 Å². The standard InChI is InChI=1S/C30H33N3O4/c1-20(2)19-32(28(34)18-22-10-14-24(36-4)15-11-22)21(3)29-31-27-9-7-6-8-26(27)30(35)33(29)23-12-16-25(37-5)17-13-23/h6-17,20-21H,18-19H2,1-5H3. The molecule has 0 saturated carbocycles. The Morgan fingerprint density at radius 2 is 1.49 bits per heavy atom. The van der Waals surface area contributed by atoms with Gasteiger partial charge in [-0.1, -0.05) is 38.1 Å². The van der Waals surface area contributed by atoms with E-state index in [2.05, 4.69) is 13.8 Å². The van der Waals surface area contributed by atoms with Crippen LogP contribution >= 0.6 is 0 Å². The number of nitrogens with zero attached hydrogens (tertiary/aromatic N) is 3. The van der Waals surface area contributed by atoms with Crippen molar-refractivity contribution in [2.75, 3.05) is 20.8 Å². The van der Waals surface area contributed by atoms with Gasteiger partial charge in [0.15, 0.2) is 0 Å². The third-order valence-electron chi connectivity index (χ3n) is 6.37. The van der Waals surface area contributed by atoms with Crippen LogP contribution < -0.4 is 15.0 Å². The average Bonchev–Trinajstić information content (AvgIpc) is 2.91. The van der Waals surface area contributed by atoms with E-state index in [-0.39, 0.29) is 23.8 Å². The molecule has 1 aromatic heterocycles. The largest absolute Gasteiger partial charge is 0.497 e. The number of hydrogen-bond donors (Lipinski definition) is 0. The number of para-hydroxylation sites is 1. The Balaban J connectivity index is 1.80. The number of carbonyl (C=O) groups excluding carboxylic acids is 1. The van der Waals surface area contributed by atoms with Crippen LogP contribution in [0.3, 0.4) is 0 Å². The van der Waals surface area contributed by atoms with E-state index in [1.807, 2.05) is 78.6 Å². The molecule has 1 heterocycles. The fourth-order valence-electron chi connectivity index (χ4n) is 4.44. The molecule has 1 unspecified atom stereocenters. The lowest BCUT2D eigenvalue weighted by molar-refractivity contribution is -0.133. The maximum Gasteiger partial charge on any atom is 0.266 e. The fraction of sp³-hybridized carbons (Fsp3) is 0.300. The molecule has 4 aromatic rings. The predicted octanol–water partition coefficient (Wildman–Crippen LogP) is 5.19. The first-order valence-corrected chi connectivity index (χ1v) is 12.4. The fourth-order valence-corrected chi connectivity index (χ4v) is 4.44. The van der Waals surface area contributed by atoms with Crippen molar-refractivity contribution in [1.82, 2.24) is 14.5 Å². The monoisotopic (exact) mass is 499 g/mol. The summed E-state index contributed by atoms with van der Waals surface area (Å²) in [7, 11) is 3.22. The van der Waals surface area contributed by atoms with Crippen LogP contribution in [-0.2, 0) is 11.2 Å². The summed E-state index contributed by atoms with van der Waals surface area (Å²) in [5.41, 5.74) is 1.99. The highest BCUT2D eigenvalue weighted by Crippen LogP contribution is 2.26. The van der Waals surface area contributed by atoms with Gasteiger partial charge in [0, 0.05) is 6.54 Å². The van der Waals surface area contributed by atoms with Crippen LogP contribution in [0, 0.1) is 5.92 Å². The van der Waals surface area contributed by atoms with E-state index in [0.717, 1.165) is 11.3 Å². The lowest BCUT2D eigenvalue weighted by atomic mass is 10.1. The Morgan fingerprint density at radius 3 is 2.08 bits per heavy atom. The molecular weight excluding hydrogens is 466 g/mol. The molecule has 192 valence electrons. The summed E-state index contributed by atoms with van der Waals surface area (Å²) in [6.45, 7) is 6.61. The molecule has 3 aromatic carbocycles. The van der Waals surface area contributed by atoms with E-state index >= 15 is 0 Å². The van der Waals surface area contributed by atoms with Crippen LogP contribution in [0.4, 0.5) is 0 Å². The molecule has 1 atom stereocenters. The Bertz CT molecular complexity index is 1430. The second kappa shape index (κ2) is 11.3. The maximum atomic E-state index is 13.8. The number of rotatable bonds is 9. The minimum Gasteiger partial charge on any atom is -0.497 e. The van der Waals surface area contributed by atoms with Crippen molar-refractivity contribution in [2.24, 2.45) is 5.92 Å². The molecule has 7 nitrogen and oxygen atoms in total. The van der Waals surface area contributed by atoms with Crippen LogP contribution in [0.2, 0.25) is 0 Å². The highest BCUT2D eigenvalue weighted by Gasteiger charge is 2.27. The van der Waals surface area contributed by atoms with Crippen LogP contribution in [0.15, 0.2) is 77.6 Å².